The third-order valence-electron chi connectivity index (χ3n) is 4.24. The fraction of sp³-hybridized carbons (Fsp3) is 0.533. The maximum absolute atomic E-state index is 11.1. The number of hydrogen-bond donors (Lipinski definition) is 1. The lowest BCUT2D eigenvalue weighted by molar-refractivity contribution is -0.384. The highest BCUT2D eigenvalue weighted by atomic mass is 16.6. The second-order valence-corrected chi connectivity index (χ2v) is 5.58. The molecule has 1 amide bonds. The number of benzene rings is 1. The van der Waals surface area contributed by atoms with Crippen LogP contribution in [0.1, 0.15) is 37.7 Å². The molecular weight excluding hydrogens is 256 g/mol. The minimum Gasteiger partial charge on any atom is -0.369 e. The molecule has 1 fully saturated rings. The number of non-ortho nitro benzene ring substituents is 1. The molecule has 108 valence electrons. The zero-order chi connectivity index (χ0) is 14.5. The van der Waals surface area contributed by atoms with Crippen molar-refractivity contribution >= 4 is 11.6 Å². The first-order chi connectivity index (χ1) is 9.56. The van der Waals surface area contributed by atoms with Gasteiger partial charge >= 0.3 is 0 Å². The lowest BCUT2D eigenvalue weighted by Gasteiger charge is -2.26. The van der Waals surface area contributed by atoms with Gasteiger partial charge in [-0.15, -0.1) is 0 Å². The summed E-state index contributed by atoms with van der Waals surface area (Å²) in [6.07, 6.45) is 5.93. The van der Waals surface area contributed by atoms with Crippen LogP contribution in [0.3, 0.4) is 0 Å². The van der Waals surface area contributed by atoms with Gasteiger partial charge in [-0.05, 0) is 50.0 Å². The van der Waals surface area contributed by atoms with Crippen molar-refractivity contribution in [3.63, 3.8) is 0 Å². The van der Waals surface area contributed by atoms with Gasteiger partial charge in [-0.25, -0.2) is 0 Å². The van der Waals surface area contributed by atoms with E-state index in [1.807, 2.05) is 12.1 Å². The molecule has 0 unspecified atom stereocenters. The van der Waals surface area contributed by atoms with Crippen LogP contribution >= 0.6 is 0 Å². The van der Waals surface area contributed by atoms with E-state index in [1.54, 1.807) is 12.1 Å². The van der Waals surface area contributed by atoms with Crippen LogP contribution in [-0.2, 0) is 11.2 Å². The average Bonchev–Trinajstić information content (AvgIpc) is 2.46. The normalized spacial score (nSPS) is 22.4. The van der Waals surface area contributed by atoms with E-state index >= 15 is 0 Å². The number of nitro benzene ring substituents is 1. The van der Waals surface area contributed by atoms with Gasteiger partial charge in [-0.3, -0.25) is 14.9 Å². The van der Waals surface area contributed by atoms with Crippen LogP contribution in [0, 0.1) is 22.0 Å². The molecule has 0 spiro atoms. The quantitative estimate of drug-likeness (QED) is 0.662. The second-order valence-electron chi connectivity index (χ2n) is 5.58. The summed E-state index contributed by atoms with van der Waals surface area (Å²) in [6, 6.07) is 6.76. The summed E-state index contributed by atoms with van der Waals surface area (Å²) in [4.78, 5) is 21.3. The molecule has 2 rings (SSSR count). The molecule has 1 aromatic rings. The van der Waals surface area contributed by atoms with E-state index < -0.39 is 0 Å². The first-order valence-electron chi connectivity index (χ1n) is 7.09. The zero-order valence-corrected chi connectivity index (χ0v) is 11.5. The molecule has 0 aliphatic heterocycles. The smallest absolute Gasteiger partial charge is 0.269 e. The van der Waals surface area contributed by atoms with Crippen molar-refractivity contribution in [2.75, 3.05) is 0 Å². The van der Waals surface area contributed by atoms with E-state index in [4.69, 9.17) is 5.73 Å². The van der Waals surface area contributed by atoms with Gasteiger partial charge < -0.3 is 5.73 Å². The monoisotopic (exact) mass is 276 g/mol. The second kappa shape index (κ2) is 6.50. The number of aryl methyl sites for hydroxylation is 1. The minimum absolute atomic E-state index is 0.0608. The van der Waals surface area contributed by atoms with E-state index in [9.17, 15) is 14.9 Å². The van der Waals surface area contributed by atoms with E-state index in [1.165, 1.54) is 0 Å². The summed E-state index contributed by atoms with van der Waals surface area (Å²) in [5, 5.41) is 10.6. The molecule has 0 bridgehead atoms. The average molecular weight is 276 g/mol. The highest BCUT2D eigenvalue weighted by molar-refractivity contribution is 5.76. The van der Waals surface area contributed by atoms with Crippen LogP contribution in [0.4, 0.5) is 5.69 Å². The van der Waals surface area contributed by atoms with E-state index in [2.05, 4.69) is 0 Å². The molecule has 0 heterocycles. The van der Waals surface area contributed by atoms with Gasteiger partial charge in [0, 0.05) is 18.1 Å². The molecule has 0 radical (unpaired) electrons. The third-order valence-corrected chi connectivity index (χ3v) is 4.24. The van der Waals surface area contributed by atoms with Crippen molar-refractivity contribution in [1.29, 1.82) is 0 Å². The standard InChI is InChI=1S/C15H20N2O3/c16-15(18)13-7-3-11(4-8-13)1-2-12-5-9-14(10-6-12)17(19)20/h5-6,9-11,13H,1-4,7-8H2,(H2,16,18). The Hall–Kier alpha value is -1.91. The minimum atomic E-state index is -0.380. The first kappa shape index (κ1) is 14.5. The van der Waals surface area contributed by atoms with Gasteiger partial charge in [0.25, 0.3) is 5.69 Å². The number of hydrogen-bond acceptors (Lipinski definition) is 3. The SMILES string of the molecule is NC(=O)C1CCC(CCc2ccc([N+](=O)[O-])cc2)CC1. The van der Waals surface area contributed by atoms with Gasteiger partial charge in [-0.1, -0.05) is 12.1 Å². The topological polar surface area (TPSA) is 86.2 Å². The first-order valence-corrected chi connectivity index (χ1v) is 7.09. The summed E-state index contributed by atoms with van der Waals surface area (Å²) in [6.45, 7) is 0. The van der Waals surface area contributed by atoms with Crippen molar-refractivity contribution in [2.24, 2.45) is 17.6 Å². The Labute approximate surface area is 118 Å². The maximum atomic E-state index is 11.1. The van der Waals surface area contributed by atoms with Gasteiger partial charge in [0.05, 0.1) is 4.92 Å². The molecule has 0 aromatic heterocycles. The van der Waals surface area contributed by atoms with Gasteiger partial charge in [0.2, 0.25) is 5.91 Å². The van der Waals surface area contributed by atoms with Crippen LogP contribution in [-0.4, -0.2) is 10.8 Å². The van der Waals surface area contributed by atoms with E-state index in [0.717, 1.165) is 44.1 Å². The molecule has 1 saturated carbocycles. The van der Waals surface area contributed by atoms with Crippen molar-refractivity contribution in [1.82, 2.24) is 0 Å². The number of carbonyl (C=O) groups excluding carboxylic acids is 1. The predicted octanol–water partition coefficient (Wildman–Crippen LogP) is 2.82. The number of amides is 1. The van der Waals surface area contributed by atoms with Crippen LogP contribution in [0.15, 0.2) is 24.3 Å². The lowest BCUT2D eigenvalue weighted by Crippen LogP contribution is -2.27. The van der Waals surface area contributed by atoms with Gasteiger partial charge in [0.1, 0.15) is 0 Å². The number of rotatable bonds is 5. The molecule has 0 atom stereocenters. The Kier molecular flexibility index (Phi) is 4.71. The number of nitrogens with two attached hydrogens (primary N) is 1. The molecule has 5 heteroatoms. The fourth-order valence-electron chi connectivity index (χ4n) is 2.89. The van der Waals surface area contributed by atoms with Crippen molar-refractivity contribution in [3.05, 3.63) is 39.9 Å². The molecule has 1 aliphatic rings. The molecule has 1 aromatic carbocycles. The fourth-order valence-corrected chi connectivity index (χ4v) is 2.89. The summed E-state index contributed by atoms with van der Waals surface area (Å²) in [7, 11) is 0. The Morgan fingerprint density at radius 1 is 1.20 bits per heavy atom. The summed E-state index contributed by atoms with van der Waals surface area (Å²) in [5.41, 5.74) is 6.59. The summed E-state index contributed by atoms with van der Waals surface area (Å²) >= 11 is 0. The highest BCUT2D eigenvalue weighted by Gasteiger charge is 2.24. The van der Waals surface area contributed by atoms with E-state index in [-0.39, 0.29) is 22.4 Å². The predicted molar refractivity (Wildman–Crippen MR) is 76.1 cm³/mol. The third kappa shape index (κ3) is 3.79. The van der Waals surface area contributed by atoms with Crippen molar-refractivity contribution in [2.45, 2.75) is 38.5 Å². The maximum Gasteiger partial charge on any atom is 0.269 e. The molecule has 2 N–H and O–H groups in total. The number of nitro groups is 1. The lowest BCUT2D eigenvalue weighted by atomic mass is 9.79. The van der Waals surface area contributed by atoms with Crippen LogP contribution in [0.5, 0.6) is 0 Å². The molecule has 20 heavy (non-hydrogen) atoms. The molecule has 1 aliphatic carbocycles. The number of carbonyl (C=O) groups is 1. The molecule has 0 saturated heterocycles. The summed E-state index contributed by atoms with van der Waals surface area (Å²) < 4.78 is 0. The Morgan fingerprint density at radius 2 is 1.80 bits per heavy atom. The highest BCUT2D eigenvalue weighted by Crippen LogP contribution is 2.31. The van der Waals surface area contributed by atoms with E-state index in [0.29, 0.717) is 5.92 Å². The zero-order valence-electron chi connectivity index (χ0n) is 11.5. The van der Waals surface area contributed by atoms with Crippen molar-refractivity contribution < 1.29 is 9.72 Å². The Balaban J connectivity index is 1.78. The van der Waals surface area contributed by atoms with Crippen LogP contribution < -0.4 is 5.73 Å². The van der Waals surface area contributed by atoms with Crippen LogP contribution in [0.2, 0.25) is 0 Å². The van der Waals surface area contributed by atoms with Crippen molar-refractivity contribution in [3.8, 4) is 0 Å². The van der Waals surface area contributed by atoms with Gasteiger partial charge in [0.15, 0.2) is 0 Å². The Morgan fingerprint density at radius 3 is 2.30 bits per heavy atom. The largest absolute Gasteiger partial charge is 0.369 e. The Bertz CT molecular complexity index is 476. The number of nitrogens with zero attached hydrogens (tertiary/aromatic N) is 1. The van der Waals surface area contributed by atoms with Gasteiger partial charge in [-0.2, -0.15) is 0 Å². The molecular formula is C15H20N2O3. The summed E-state index contributed by atoms with van der Waals surface area (Å²) in [5.74, 6) is 0.533. The molecule has 5 nitrogen and oxygen atoms in total. The van der Waals surface area contributed by atoms with Crippen LogP contribution in [0.25, 0.3) is 0 Å². The number of primary amides is 1.